The summed E-state index contributed by atoms with van der Waals surface area (Å²) in [6, 6.07) is 0. The Balaban J connectivity index is 2.31. The first kappa shape index (κ1) is 6.92. The number of nitrogens with zero attached hydrogens (tertiary/aromatic N) is 1. The maximum atomic E-state index is 10.8. The minimum Gasteiger partial charge on any atom is -0.593 e. The quantitative estimate of drug-likeness (QED) is 0.534. The zero-order valence-corrected chi connectivity index (χ0v) is 5.80. The molecule has 0 spiro atoms. The molecular formula is C5H9NO2S. The third kappa shape index (κ3) is 1.61. The first-order chi connectivity index (χ1) is 4.34. The summed E-state index contributed by atoms with van der Waals surface area (Å²) in [6.07, 6.45) is 3.60. The lowest BCUT2D eigenvalue weighted by Gasteiger charge is -2.15. The van der Waals surface area contributed by atoms with Crippen LogP contribution < -0.4 is 0 Å². The first-order valence-corrected chi connectivity index (χ1v) is 4.05. The largest absolute Gasteiger partial charge is 0.593 e. The second-order valence-corrected chi connectivity index (χ2v) is 3.18. The maximum Gasteiger partial charge on any atom is 0.151 e. The fourth-order valence-corrected chi connectivity index (χ4v) is 1.63. The molecule has 0 saturated carbocycles. The van der Waals surface area contributed by atoms with Gasteiger partial charge in [-0.2, -0.15) is 0 Å². The van der Waals surface area contributed by atoms with Crippen LogP contribution in [-0.2, 0) is 11.4 Å². The first-order valence-electron chi connectivity index (χ1n) is 2.77. The lowest BCUT2D eigenvalue weighted by Crippen LogP contribution is -2.25. The Morgan fingerprint density at radius 1 is 1.78 bits per heavy atom. The molecule has 4 heteroatoms. The molecule has 0 aliphatic carbocycles. The van der Waals surface area contributed by atoms with E-state index in [4.69, 9.17) is 5.11 Å². The molecule has 0 amide bonds. The van der Waals surface area contributed by atoms with Crippen LogP contribution in [-0.4, -0.2) is 32.9 Å². The van der Waals surface area contributed by atoms with Crippen LogP contribution in [0.2, 0.25) is 0 Å². The van der Waals surface area contributed by atoms with Crippen LogP contribution in [0.1, 0.15) is 0 Å². The van der Waals surface area contributed by atoms with Gasteiger partial charge in [0.1, 0.15) is 0 Å². The van der Waals surface area contributed by atoms with E-state index in [-0.39, 0.29) is 6.61 Å². The average Bonchev–Trinajstić information content (AvgIpc) is 2.18. The second kappa shape index (κ2) is 3.10. The number of hydrogen-bond donors (Lipinski definition) is 1. The number of β-amino-alcohol motifs (C(OH)–C–C–N with tert-alkyl or cyclic N) is 1. The summed E-state index contributed by atoms with van der Waals surface area (Å²) in [5, 5.41) is 8.43. The van der Waals surface area contributed by atoms with E-state index in [9.17, 15) is 4.55 Å². The lowest BCUT2D eigenvalue weighted by atomic mass is 10.6. The van der Waals surface area contributed by atoms with E-state index in [1.807, 2.05) is 6.08 Å². The van der Waals surface area contributed by atoms with Crippen molar-refractivity contribution in [1.82, 2.24) is 4.31 Å². The molecule has 0 radical (unpaired) electrons. The van der Waals surface area contributed by atoms with Gasteiger partial charge in [0.15, 0.2) is 5.75 Å². The normalized spacial score (nSPS) is 25.6. The van der Waals surface area contributed by atoms with Crippen molar-refractivity contribution in [3.05, 3.63) is 12.3 Å². The predicted molar refractivity (Wildman–Crippen MR) is 35.9 cm³/mol. The van der Waals surface area contributed by atoms with E-state index in [1.54, 1.807) is 10.5 Å². The minimum atomic E-state index is -0.898. The molecule has 3 nitrogen and oxygen atoms in total. The van der Waals surface area contributed by atoms with Crippen molar-refractivity contribution in [3.63, 3.8) is 0 Å². The zero-order chi connectivity index (χ0) is 6.69. The number of aliphatic hydroxyl groups excluding tert-OH is 1. The van der Waals surface area contributed by atoms with Gasteiger partial charge in [0.25, 0.3) is 0 Å². The van der Waals surface area contributed by atoms with Crippen LogP contribution in [0.5, 0.6) is 0 Å². The highest BCUT2D eigenvalue weighted by Crippen LogP contribution is 2.08. The van der Waals surface area contributed by atoms with Gasteiger partial charge in [-0.3, -0.25) is 0 Å². The summed E-state index contributed by atoms with van der Waals surface area (Å²) in [7, 11) is 0. The SMILES string of the molecule is [O-][S+]1CC=CN1CCO. The van der Waals surface area contributed by atoms with Crippen LogP contribution in [0.4, 0.5) is 0 Å². The Morgan fingerprint density at radius 3 is 3.00 bits per heavy atom. The van der Waals surface area contributed by atoms with Crippen LogP contribution in [0.15, 0.2) is 12.3 Å². The smallest absolute Gasteiger partial charge is 0.151 e. The van der Waals surface area contributed by atoms with E-state index < -0.39 is 11.4 Å². The third-order valence-corrected chi connectivity index (χ3v) is 2.40. The van der Waals surface area contributed by atoms with Gasteiger partial charge in [-0.25, -0.2) is 4.31 Å². The van der Waals surface area contributed by atoms with E-state index in [0.29, 0.717) is 12.3 Å². The Labute approximate surface area is 57.3 Å². The van der Waals surface area contributed by atoms with Crippen molar-refractivity contribution in [2.75, 3.05) is 18.9 Å². The van der Waals surface area contributed by atoms with E-state index in [0.717, 1.165) is 0 Å². The van der Waals surface area contributed by atoms with Crippen molar-refractivity contribution >= 4 is 11.4 Å². The van der Waals surface area contributed by atoms with Crippen LogP contribution in [0.25, 0.3) is 0 Å². The van der Waals surface area contributed by atoms with Gasteiger partial charge in [0.2, 0.25) is 0 Å². The fraction of sp³-hybridized carbons (Fsp3) is 0.600. The monoisotopic (exact) mass is 147 g/mol. The molecule has 1 rings (SSSR count). The fourth-order valence-electron chi connectivity index (χ4n) is 0.681. The Morgan fingerprint density at radius 2 is 2.56 bits per heavy atom. The molecule has 0 aromatic carbocycles. The highest BCUT2D eigenvalue weighted by molar-refractivity contribution is 7.89. The van der Waals surface area contributed by atoms with Gasteiger partial charge in [0, 0.05) is 6.20 Å². The summed E-state index contributed by atoms with van der Waals surface area (Å²) in [5.41, 5.74) is 0. The van der Waals surface area contributed by atoms with Crippen LogP contribution in [0.3, 0.4) is 0 Å². The van der Waals surface area contributed by atoms with E-state index >= 15 is 0 Å². The number of hydrogen-bond acceptors (Lipinski definition) is 3. The summed E-state index contributed by atoms with van der Waals surface area (Å²) >= 11 is -0.898. The van der Waals surface area contributed by atoms with E-state index in [2.05, 4.69) is 0 Å². The topological polar surface area (TPSA) is 46.5 Å². The highest BCUT2D eigenvalue weighted by atomic mass is 32.2. The van der Waals surface area contributed by atoms with Crippen LogP contribution >= 0.6 is 0 Å². The number of rotatable bonds is 2. The molecule has 1 N–H and O–H groups in total. The van der Waals surface area contributed by atoms with Crippen molar-refractivity contribution in [2.24, 2.45) is 0 Å². The Kier molecular flexibility index (Phi) is 2.38. The van der Waals surface area contributed by atoms with Crippen LogP contribution in [0, 0.1) is 0 Å². The zero-order valence-electron chi connectivity index (χ0n) is 4.99. The van der Waals surface area contributed by atoms with Gasteiger partial charge in [-0.15, -0.1) is 0 Å². The molecule has 52 valence electrons. The minimum absolute atomic E-state index is 0.0656. The van der Waals surface area contributed by atoms with Gasteiger partial charge >= 0.3 is 0 Å². The highest BCUT2D eigenvalue weighted by Gasteiger charge is 2.17. The van der Waals surface area contributed by atoms with Gasteiger partial charge in [-0.1, -0.05) is 0 Å². The molecule has 9 heavy (non-hydrogen) atoms. The predicted octanol–water partition coefficient (Wildman–Crippen LogP) is -0.528. The van der Waals surface area contributed by atoms with Crippen molar-refractivity contribution < 1.29 is 9.66 Å². The Bertz CT molecular complexity index is 118. The number of aliphatic hydroxyl groups is 1. The third-order valence-electron chi connectivity index (χ3n) is 1.09. The molecule has 1 atom stereocenters. The van der Waals surface area contributed by atoms with Gasteiger partial charge < -0.3 is 9.66 Å². The second-order valence-electron chi connectivity index (χ2n) is 1.74. The molecule has 0 fully saturated rings. The maximum absolute atomic E-state index is 10.8. The standard InChI is InChI=1S/C5H9NO2S/c7-4-3-6-2-1-5-9(6)8/h1-2,7H,3-5H2. The summed E-state index contributed by atoms with van der Waals surface area (Å²) in [6.45, 7) is 0.541. The average molecular weight is 147 g/mol. The molecule has 1 heterocycles. The van der Waals surface area contributed by atoms with Crippen molar-refractivity contribution in [3.8, 4) is 0 Å². The van der Waals surface area contributed by atoms with Crippen molar-refractivity contribution in [2.45, 2.75) is 0 Å². The summed E-state index contributed by atoms with van der Waals surface area (Å²) < 4.78 is 12.5. The lowest BCUT2D eigenvalue weighted by molar-refractivity contribution is 0.274. The Hall–Kier alpha value is -0.190. The molecule has 1 unspecified atom stereocenters. The molecule has 0 aromatic heterocycles. The molecule has 1 aliphatic rings. The molecule has 0 aromatic rings. The molecule has 0 saturated heterocycles. The molecular weight excluding hydrogens is 138 g/mol. The van der Waals surface area contributed by atoms with E-state index in [1.165, 1.54) is 0 Å². The summed E-state index contributed by atoms with van der Waals surface area (Å²) in [4.78, 5) is 0. The van der Waals surface area contributed by atoms with Gasteiger partial charge in [-0.05, 0) is 6.08 Å². The molecule has 0 bridgehead atoms. The molecule has 1 aliphatic heterocycles. The van der Waals surface area contributed by atoms with Crippen molar-refractivity contribution in [1.29, 1.82) is 0 Å². The summed E-state index contributed by atoms with van der Waals surface area (Å²) in [5.74, 6) is 0.597. The van der Waals surface area contributed by atoms with Gasteiger partial charge in [0.05, 0.1) is 24.5 Å².